The molecule has 1 aromatic rings. The van der Waals surface area contributed by atoms with Crippen LogP contribution in [0.4, 0.5) is 10.5 Å². The van der Waals surface area contributed by atoms with Gasteiger partial charge in [0.05, 0.1) is 19.3 Å². The van der Waals surface area contributed by atoms with Gasteiger partial charge in [-0.05, 0) is 19.1 Å². The van der Waals surface area contributed by atoms with Crippen molar-refractivity contribution in [3.05, 3.63) is 24.3 Å². The predicted octanol–water partition coefficient (Wildman–Crippen LogP) is 1.37. The van der Waals surface area contributed by atoms with Crippen LogP contribution in [0.15, 0.2) is 24.3 Å². The highest BCUT2D eigenvalue weighted by molar-refractivity contribution is 5.90. The first kappa shape index (κ1) is 11.7. The summed E-state index contributed by atoms with van der Waals surface area (Å²) in [5, 5.41) is 0. The lowest BCUT2D eigenvalue weighted by atomic mass is 10.1. The summed E-state index contributed by atoms with van der Waals surface area (Å²) in [6, 6.07) is 7.29. The van der Waals surface area contributed by atoms with Gasteiger partial charge in [0.25, 0.3) is 0 Å². The molecule has 2 N–H and O–H groups in total. The lowest BCUT2D eigenvalue weighted by molar-refractivity contribution is 0.0789. The van der Waals surface area contributed by atoms with Crippen LogP contribution >= 0.6 is 0 Å². The summed E-state index contributed by atoms with van der Waals surface area (Å²) < 4.78 is 10.4. The summed E-state index contributed by atoms with van der Waals surface area (Å²) in [5.74, 6) is 0.705. The van der Waals surface area contributed by atoms with Crippen molar-refractivity contribution in [3.8, 4) is 5.75 Å². The number of carbonyl (C=O) groups excluding carboxylic acids is 1. The van der Waals surface area contributed by atoms with Crippen LogP contribution in [0.1, 0.15) is 6.92 Å². The van der Waals surface area contributed by atoms with E-state index in [0.717, 1.165) is 5.69 Å². The summed E-state index contributed by atoms with van der Waals surface area (Å²) in [6.07, 6.45) is -0.369. The van der Waals surface area contributed by atoms with Gasteiger partial charge in [-0.15, -0.1) is 0 Å². The molecule has 17 heavy (non-hydrogen) atoms. The van der Waals surface area contributed by atoms with Crippen LogP contribution in [0.25, 0.3) is 0 Å². The zero-order chi connectivity index (χ0) is 12.5. The smallest absolute Gasteiger partial charge is 0.415 e. The van der Waals surface area contributed by atoms with Gasteiger partial charge < -0.3 is 15.2 Å². The first-order chi connectivity index (χ1) is 8.08. The van der Waals surface area contributed by atoms with Gasteiger partial charge >= 0.3 is 6.09 Å². The summed E-state index contributed by atoms with van der Waals surface area (Å²) in [4.78, 5) is 13.3. The molecular formula is C12H16N2O3. The van der Waals surface area contributed by atoms with Crippen LogP contribution in [0.2, 0.25) is 0 Å². The third-order valence-electron chi connectivity index (χ3n) is 2.84. The number of nitrogens with zero attached hydrogens (tertiary/aromatic N) is 1. The fraction of sp³-hybridized carbons (Fsp3) is 0.417. The highest BCUT2D eigenvalue weighted by atomic mass is 16.6. The molecule has 0 saturated carbocycles. The fourth-order valence-corrected chi connectivity index (χ4v) is 1.78. The van der Waals surface area contributed by atoms with E-state index in [2.05, 4.69) is 0 Å². The van der Waals surface area contributed by atoms with Crippen LogP contribution in [0.5, 0.6) is 5.75 Å². The minimum Gasteiger partial charge on any atom is -0.497 e. The number of hydrogen-bond donors (Lipinski definition) is 1. The van der Waals surface area contributed by atoms with Crippen molar-refractivity contribution in [3.63, 3.8) is 0 Å². The summed E-state index contributed by atoms with van der Waals surface area (Å²) in [5.41, 5.74) is 5.74. The normalized spacial score (nSPS) is 23.7. The van der Waals surface area contributed by atoms with Crippen molar-refractivity contribution in [2.45, 2.75) is 12.5 Å². The molecule has 92 valence electrons. The van der Waals surface area contributed by atoms with Gasteiger partial charge in [-0.2, -0.15) is 0 Å². The molecule has 1 atom stereocenters. The minimum absolute atomic E-state index is 0.305. The average Bonchev–Trinajstić information content (AvgIpc) is 2.66. The quantitative estimate of drug-likeness (QED) is 0.860. The van der Waals surface area contributed by atoms with E-state index in [1.54, 1.807) is 18.1 Å². The zero-order valence-electron chi connectivity index (χ0n) is 9.97. The van der Waals surface area contributed by atoms with Crippen molar-refractivity contribution in [2.24, 2.45) is 5.73 Å². The van der Waals surface area contributed by atoms with Gasteiger partial charge in [0, 0.05) is 12.6 Å². The molecule has 1 aromatic carbocycles. The molecule has 1 aliphatic heterocycles. The molecule has 0 bridgehead atoms. The van der Waals surface area contributed by atoms with Crippen molar-refractivity contribution in [1.82, 2.24) is 0 Å². The van der Waals surface area contributed by atoms with Gasteiger partial charge in [0.2, 0.25) is 0 Å². The van der Waals surface area contributed by atoms with E-state index in [0.29, 0.717) is 18.8 Å². The van der Waals surface area contributed by atoms with Crippen LogP contribution < -0.4 is 15.4 Å². The number of ether oxygens (including phenoxy) is 2. The second-order valence-corrected chi connectivity index (χ2v) is 4.31. The van der Waals surface area contributed by atoms with Gasteiger partial charge in [0.1, 0.15) is 11.4 Å². The molecule has 0 aromatic heterocycles. The standard InChI is InChI=1S/C12H16N2O3/c1-12(7-13)8-14(11(15)17-12)9-4-3-5-10(6-9)16-2/h3-6H,7-8,13H2,1-2H3. The molecule has 1 amide bonds. The maximum absolute atomic E-state index is 11.8. The Morgan fingerprint density at radius 2 is 2.35 bits per heavy atom. The average molecular weight is 236 g/mol. The number of methoxy groups -OCH3 is 1. The molecular weight excluding hydrogens is 220 g/mol. The minimum atomic E-state index is -0.611. The lowest BCUT2D eigenvalue weighted by Gasteiger charge is -2.19. The van der Waals surface area contributed by atoms with Crippen LogP contribution in [-0.2, 0) is 4.74 Å². The third-order valence-corrected chi connectivity index (χ3v) is 2.84. The SMILES string of the molecule is COc1cccc(N2CC(C)(CN)OC2=O)c1. The maximum Gasteiger partial charge on any atom is 0.415 e. The summed E-state index contributed by atoms with van der Waals surface area (Å²) in [6.45, 7) is 2.58. The van der Waals surface area contributed by atoms with E-state index in [9.17, 15) is 4.79 Å². The number of hydrogen-bond acceptors (Lipinski definition) is 4. The van der Waals surface area contributed by atoms with E-state index < -0.39 is 5.60 Å². The molecule has 0 spiro atoms. The second kappa shape index (κ2) is 4.25. The Labute approximate surface area is 100 Å². The summed E-state index contributed by atoms with van der Waals surface area (Å²) in [7, 11) is 1.59. The molecule has 1 saturated heterocycles. The molecule has 1 heterocycles. The molecule has 1 unspecified atom stereocenters. The molecule has 5 heteroatoms. The van der Waals surface area contributed by atoms with Crippen molar-refractivity contribution >= 4 is 11.8 Å². The number of nitrogens with two attached hydrogens (primary N) is 1. The van der Waals surface area contributed by atoms with Gasteiger partial charge in [-0.25, -0.2) is 4.79 Å². The lowest BCUT2D eigenvalue weighted by Crippen LogP contribution is -2.38. The van der Waals surface area contributed by atoms with E-state index >= 15 is 0 Å². The third kappa shape index (κ3) is 2.19. The highest BCUT2D eigenvalue weighted by Gasteiger charge is 2.41. The number of rotatable bonds is 3. The van der Waals surface area contributed by atoms with Crippen molar-refractivity contribution < 1.29 is 14.3 Å². The highest BCUT2D eigenvalue weighted by Crippen LogP contribution is 2.29. The van der Waals surface area contributed by atoms with E-state index in [-0.39, 0.29) is 6.09 Å². The Morgan fingerprint density at radius 3 is 2.94 bits per heavy atom. The van der Waals surface area contributed by atoms with Gasteiger partial charge in [-0.1, -0.05) is 6.07 Å². The monoisotopic (exact) mass is 236 g/mol. The Kier molecular flexibility index (Phi) is 2.93. The number of anilines is 1. The van der Waals surface area contributed by atoms with Gasteiger partial charge in [0.15, 0.2) is 0 Å². The Hall–Kier alpha value is -1.75. The number of carbonyl (C=O) groups is 1. The van der Waals surface area contributed by atoms with Gasteiger partial charge in [-0.3, -0.25) is 4.90 Å². The summed E-state index contributed by atoms with van der Waals surface area (Å²) >= 11 is 0. The molecule has 2 rings (SSSR count). The fourth-order valence-electron chi connectivity index (χ4n) is 1.78. The van der Waals surface area contributed by atoms with E-state index in [1.165, 1.54) is 0 Å². The number of amides is 1. The van der Waals surface area contributed by atoms with Crippen LogP contribution in [0, 0.1) is 0 Å². The molecule has 0 aliphatic carbocycles. The topological polar surface area (TPSA) is 64.8 Å². The molecule has 1 fully saturated rings. The van der Waals surface area contributed by atoms with Crippen molar-refractivity contribution in [2.75, 3.05) is 25.1 Å². The maximum atomic E-state index is 11.8. The first-order valence-corrected chi connectivity index (χ1v) is 5.42. The molecule has 0 radical (unpaired) electrons. The van der Waals surface area contributed by atoms with Crippen LogP contribution in [0.3, 0.4) is 0 Å². The zero-order valence-corrected chi connectivity index (χ0v) is 9.97. The Morgan fingerprint density at radius 1 is 1.59 bits per heavy atom. The number of cyclic esters (lactones) is 1. The van der Waals surface area contributed by atoms with E-state index in [4.69, 9.17) is 15.2 Å². The second-order valence-electron chi connectivity index (χ2n) is 4.31. The molecule has 1 aliphatic rings. The number of benzene rings is 1. The van der Waals surface area contributed by atoms with Crippen LogP contribution in [-0.4, -0.2) is 31.9 Å². The Balaban J connectivity index is 2.25. The predicted molar refractivity (Wildman–Crippen MR) is 64.3 cm³/mol. The largest absolute Gasteiger partial charge is 0.497 e. The Bertz CT molecular complexity index is 436. The first-order valence-electron chi connectivity index (χ1n) is 5.42. The molecule has 5 nitrogen and oxygen atoms in total. The van der Waals surface area contributed by atoms with E-state index in [1.807, 2.05) is 25.1 Å². The van der Waals surface area contributed by atoms with Crippen molar-refractivity contribution in [1.29, 1.82) is 0 Å².